The Hall–Kier alpha value is -2.58. The highest BCUT2D eigenvalue weighted by atomic mass is 16.5. The van der Waals surface area contributed by atoms with E-state index in [4.69, 9.17) is 15.6 Å². The molecule has 0 aliphatic heterocycles. The number of aryl methyl sites for hydroxylation is 1. The van der Waals surface area contributed by atoms with E-state index in [1.54, 1.807) is 0 Å². The van der Waals surface area contributed by atoms with Crippen LogP contribution in [0.15, 0.2) is 24.3 Å². The van der Waals surface area contributed by atoms with Crippen molar-refractivity contribution in [2.24, 2.45) is 5.92 Å². The Kier molecular flexibility index (Phi) is 4.68. The van der Waals surface area contributed by atoms with E-state index in [9.17, 15) is 5.26 Å². The average molecular weight is 323 g/mol. The minimum atomic E-state index is -0.0389. The van der Waals surface area contributed by atoms with E-state index in [0.717, 1.165) is 41.6 Å². The Labute approximate surface area is 141 Å². The highest BCUT2D eigenvalue weighted by molar-refractivity contribution is 5.80. The summed E-state index contributed by atoms with van der Waals surface area (Å²) < 4.78 is 5.51. The molecule has 124 valence electrons. The van der Waals surface area contributed by atoms with E-state index >= 15 is 0 Å². The van der Waals surface area contributed by atoms with Crippen LogP contribution in [-0.4, -0.2) is 23.3 Å². The standard InChI is InChI=1S/C19H21N3O2/c1-12-5-6-17-15(9-12)18(16(11-20)19(21)22-17)13-3-2-4-14(10-13)24-8-7-23/h2-4,10,12,23H,5-9H2,1H3,(H2,21,22)/t12-/m0/s1. The number of aliphatic hydroxyl groups is 1. The van der Waals surface area contributed by atoms with Gasteiger partial charge < -0.3 is 15.6 Å². The lowest BCUT2D eigenvalue weighted by atomic mass is 9.82. The van der Waals surface area contributed by atoms with Crippen molar-refractivity contribution in [3.8, 4) is 22.9 Å². The molecule has 1 aliphatic carbocycles. The van der Waals surface area contributed by atoms with Crippen LogP contribution >= 0.6 is 0 Å². The fourth-order valence-electron chi connectivity index (χ4n) is 3.29. The van der Waals surface area contributed by atoms with Gasteiger partial charge in [-0.3, -0.25) is 0 Å². The number of ether oxygens (including phenoxy) is 1. The summed E-state index contributed by atoms with van der Waals surface area (Å²) in [4.78, 5) is 4.47. The monoisotopic (exact) mass is 323 g/mol. The number of nitrogen functional groups attached to an aromatic ring is 1. The first-order valence-corrected chi connectivity index (χ1v) is 8.19. The highest BCUT2D eigenvalue weighted by Gasteiger charge is 2.24. The molecule has 1 aliphatic rings. The predicted octanol–water partition coefficient (Wildman–Crippen LogP) is 2.70. The van der Waals surface area contributed by atoms with Crippen LogP contribution in [0.2, 0.25) is 0 Å². The number of nitriles is 1. The van der Waals surface area contributed by atoms with E-state index in [1.807, 2.05) is 24.3 Å². The van der Waals surface area contributed by atoms with Crippen molar-refractivity contribution in [2.45, 2.75) is 26.2 Å². The van der Waals surface area contributed by atoms with Crippen molar-refractivity contribution >= 4 is 5.82 Å². The maximum Gasteiger partial charge on any atom is 0.142 e. The zero-order chi connectivity index (χ0) is 17.1. The first-order valence-electron chi connectivity index (χ1n) is 8.19. The van der Waals surface area contributed by atoms with Gasteiger partial charge in [-0.1, -0.05) is 19.1 Å². The second kappa shape index (κ2) is 6.90. The summed E-state index contributed by atoms with van der Waals surface area (Å²) in [6.07, 6.45) is 2.87. The molecule has 3 rings (SSSR count). The Morgan fingerprint density at radius 3 is 3.04 bits per heavy atom. The van der Waals surface area contributed by atoms with Gasteiger partial charge in [0.1, 0.15) is 29.8 Å². The molecule has 1 aromatic carbocycles. The lowest BCUT2D eigenvalue weighted by molar-refractivity contribution is 0.201. The summed E-state index contributed by atoms with van der Waals surface area (Å²) in [6, 6.07) is 9.80. The number of hydrogen-bond donors (Lipinski definition) is 2. The van der Waals surface area contributed by atoms with Gasteiger partial charge in [-0.05, 0) is 48.4 Å². The molecule has 0 saturated heterocycles. The quantitative estimate of drug-likeness (QED) is 0.902. The fourth-order valence-corrected chi connectivity index (χ4v) is 3.29. The van der Waals surface area contributed by atoms with Crippen LogP contribution in [0.3, 0.4) is 0 Å². The Morgan fingerprint density at radius 2 is 2.29 bits per heavy atom. The van der Waals surface area contributed by atoms with Gasteiger partial charge in [0.05, 0.1) is 6.61 Å². The number of hydrogen-bond acceptors (Lipinski definition) is 5. The second-order valence-electron chi connectivity index (χ2n) is 6.23. The van der Waals surface area contributed by atoms with Gasteiger partial charge in [-0.2, -0.15) is 5.26 Å². The van der Waals surface area contributed by atoms with Crippen molar-refractivity contribution in [2.75, 3.05) is 18.9 Å². The fraction of sp³-hybridized carbons (Fsp3) is 0.368. The average Bonchev–Trinajstić information content (AvgIpc) is 2.59. The third-order valence-electron chi connectivity index (χ3n) is 4.43. The number of fused-ring (bicyclic) bond motifs is 1. The van der Waals surface area contributed by atoms with Crippen molar-refractivity contribution in [1.82, 2.24) is 4.98 Å². The highest BCUT2D eigenvalue weighted by Crippen LogP contribution is 2.38. The Balaban J connectivity index is 2.16. The van der Waals surface area contributed by atoms with E-state index in [2.05, 4.69) is 18.0 Å². The minimum Gasteiger partial charge on any atom is -0.491 e. The van der Waals surface area contributed by atoms with Gasteiger partial charge in [0, 0.05) is 11.3 Å². The maximum absolute atomic E-state index is 9.60. The number of aliphatic hydroxyl groups excluding tert-OH is 1. The number of aromatic nitrogens is 1. The van der Waals surface area contributed by atoms with Gasteiger partial charge in [0.25, 0.3) is 0 Å². The number of anilines is 1. The molecule has 0 amide bonds. The number of nitrogens with zero attached hydrogens (tertiary/aromatic N) is 2. The van der Waals surface area contributed by atoms with Crippen molar-refractivity contribution < 1.29 is 9.84 Å². The van der Waals surface area contributed by atoms with E-state index in [1.165, 1.54) is 0 Å². The van der Waals surface area contributed by atoms with Crippen LogP contribution < -0.4 is 10.5 Å². The van der Waals surface area contributed by atoms with Gasteiger partial charge in [-0.15, -0.1) is 0 Å². The molecular formula is C19H21N3O2. The first-order chi connectivity index (χ1) is 11.6. The van der Waals surface area contributed by atoms with E-state index in [0.29, 0.717) is 23.0 Å². The molecule has 0 saturated carbocycles. The summed E-state index contributed by atoms with van der Waals surface area (Å²) in [5.41, 5.74) is 10.4. The zero-order valence-electron chi connectivity index (χ0n) is 13.7. The normalized spacial score (nSPS) is 16.3. The topological polar surface area (TPSA) is 92.2 Å². The minimum absolute atomic E-state index is 0.0389. The molecule has 3 N–H and O–H groups in total. The maximum atomic E-state index is 9.60. The zero-order valence-corrected chi connectivity index (χ0v) is 13.7. The van der Waals surface area contributed by atoms with Crippen molar-refractivity contribution in [3.05, 3.63) is 41.1 Å². The van der Waals surface area contributed by atoms with Gasteiger partial charge >= 0.3 is 0 Å². The van der Waals surface area contributed by atoms with E-state index in [-0.39, 0.29) is 13.2 Å². The van der Waals surface area contributed by atoms with Crippen LogP contribution in [0.1, 0.15) is 30.2 Å². The largest absolute Gasteiger partial charge is 0.491 e. The molecule has 0 fully saturated rings. The third kappa shape index (κ3) is 3.06. The summed E-state index contributed by atoms with van der Waals surface area (Å²) in [7, 11) is 0. The summed E-state index contributed by atoms with van der Waals surface area (Å²) >= 11 is 0. The van der Waals surface area contributed by atoms with Gasteiger partial charge in [-0.25, -0.2) is 4.98 Å². The van der Waals surface area contributed by atoms with E-state index < -0.39 is 0 Å². The van der Waals surface area contributed by atoms with Gasteiger partial charge in [0.15, 0.2) is 0 Å². The molecule has 5 nitrogen and oxygen atoms in total. The molecule has 2 aromatic rings. The number of benzene rings is 1. The van der Waals surface area contributed by atoms with Crippen LogP contribution in [0.25, 0.3) is 11.1 Å². The SMILES string of the molecule is C[C@H]1CCc2nc(N)c(C#N)c(-c3cccc(OCCO)c3)c2C1. The molecular weight excluding hydrogens is 302 g/mol. The number of pyridine rings is 1. The molecule has 24 heavy (non-hydrogen) atoms. The lowest BCUT2D eigenvalue weighted by Gasteiger charge is -2.25. The molecule has 1 heterocycles. The van der Waals surface area contributed by atoms with Crippen molar-refractivity contribution in [1.29, 1.82) is 5.26 Å². The van der Waals surface area contributed by atoms with Gasteiger partial charge in [0.2, 0.25) is 0 Å². The third-order valence-corrected chi connectivity index (χ3v) is 4.43. The predicted molar refractivity (Wildman–Crippen MR) is 92.6 cm³/mol. The molecule has 1 aromatic heterocycles. The molecule has 0 bridgehead atoms. The number of rotatable bonds is 4. The molecule has 0 radical (unpaired) electrons. The summed E-state index contributed by atoms with van der Waals surface area (Å²) in [6.45, 7) is 2.42. The second-order valence-corrected chi connectivity index (χ2v) is 6.23. The lowest BCUT2D eigenvalue weighted by Crippen LogP contribution is -2.16. The molecule has 0 spiro atoms. The van der Waals surface area contributed by atoms with Crippen LogP contribution in [-0.2, 0) is 12.8 Å². The summed E-state index contributed by atoms with van der Waals surface area (Å²) in [5, 5.41) is 18.5. The Bertz CT molecular complexity index is 796. The van der Waals surface area contributed by atoms with Crippen molar-refractivity contribution in [3.63, 3.8) is 0 Å². The molecule has 1 atom stereocenters. The van der Waals surface area contributed by atoms with Crippen LogP contribution in [0.5, 0.6) is 5.75 Å². The molecule has 5 heteroatoms. The Morgan fingerprint density at radius 1 is 1.46 bits per heavy atom. The summed E-state index contributed by atoms with van der Waals surface area (Å²) in [5.74, 6) is 1.52. The number of nitrogens with two attached hydrogens (primary N) is 1. The first kappa shape index (κ1) is 16.3. The van der Waals surface area contributed by atoms with Crippen LogP contribution in [0, 0.1) is 17.2 Å². The molecule has 0 unspecified atom stereocenters. The van der Waals surface area contributed by atoms with Crippen LogP contribution in [0.4, 0.5) is 5.82 Å². The smallest absolute Gasteiger partial charge is 0.142 e.